The van der Waals surface area contributed by atoms with Gasteiger partial charge < -0.3 is 4.57 Å². The fourth-order valence-electron chi connectivity index (χ4n) is 2.24. The van der Waals surface area contributed by atoms with Crippen LogP contribution in [0.4, 0.5) is 0 Å². The molecule has 0 aromatic carbocycles. The van der Waals surface area contributed by atoms with Crippen molar-refractivity contribution in [2.75, 3.05) is 17.9 Å². The zero-order valence-corrected chi connectivity index (χ0v) is 12.3. The third-order valence-electron chi connectivity index (χ3n) is 3.08. The molecule has 0 spiro atoms. The van der Waals surface area contributed by atoms with Gasteiger partial charge in [0.05, 0.1) is 11.7 Å². The van der Waals surface area contributed by atoms with E-state index in [-0.39, 0.29) is 0 Å². The van der Waals surface area contributed by atoms with Gasteiger partial charge in [-0.3, -0.25) is 4.98 Å². The van der Waals surface area contributed by atoms with E-state index in [4.69, 9.17) is 11.6 Å². The molecule has 0 saturated heterocycles. The number of nitrogens with zero attached hydrogens (tertiary/aromatic N) is 3. The fraction of sp³-hybridized carbons (Fsp3) is 0.538. The molecule has 5 heteroatoms. The highest BCUT2D eigenvalue weighted by molar-refractivity contribution is 7.98. The SMILES string of the molecule is CCC(CSC)n1c(CCCl)nc2cnccc21. The van der Waals surface area contributed by atoms with Crippen LogP contribution in [0.1, 0.15) is 25.2 Å². The van der Waals surface area contributed by atoms with Gasteiger partial charge in [-0.05, 0) is 18.7 Å². The molecule has 0 aliphatic rings. The van der Waals surface area contributed by atoms with E-state index < -0.39 is 0 Å². The van der Waals surface area contributed by atoms with Crippen molar-refractivity contribution in [2.45, 2.75) is 25.8 Å². The largest absolute Gasteiger partial charge is 0.324 e. The maximum Gasteiger partial charge on any atom is 0.111 e. The normalized spacial score (nSPS) is 13.1. The molecule has 0 aliphatic heterocycles. The van der Waals surface area contributed by atoms with E-state index in [0.29, 0.717) is 11.9 Å². The number of imidazole rings is 1. The molecule has 0 fully saturated rings. The Labute approximate surface area is 117 Å². The highest BCUT2D eigenvalue weighted by Crippen LogP contribution is 2.25. The van der Waals surface area contributed by atoms with Crippen molar-refractivity contribution < 1.29 is 0 Å². The van der Waals surface area contributed by atoms with E-state index in [9.17, 15) is 0 Å². The molecule has 1 unspecified atom stereocenters. The lowest BCUT2D eigenvalue weighted by atomic mass is 10.2. The van der Waals surface area contributed by atoms with Crippen molar-refractivity contribution in [3.05, 3.63) is 24.3 Å². The molecule has 0 amide bonds. The van der Waals surface area contributed by atoms with Gasteiger partial charge in [-0.2, -0.15) is 11.8 Å². The molecule has 2 aromatic rings. The molecule has 0 bridgehead atoms. The van der Waals surface area contributed by atoms with Gasteiger partial charge in [0.25, 0.3) is 0 Å². The molecule has 0 aliphatic carbocycles. The Hall–Kier alpha value is -0.740. The van der Waals surface area contributed by atoms with Gasteiger partial charge >= 0.3 is 0 Å². The van der Waals surface area contributed by atoms with Gasteiger partial charge in [0.15, 0.2) is 0 Å². The van der Waals surface area contributed by atoms with Crippen LogP contribution in [0.15, 0.2) is 18.5 Å². The summed E-state index contributed by atoms with van der Waals surface area (Å²) in [7, 11) is 0. The maximum atomic E-state index is 5.89. The van der Waals surface area contributed by atoms with Gasteiger partial charge in [0.2, 0.25) is 0 Å². The molecule has 2 rings (SSSR count). The Morgan fingerprint density at radius 3 is 3.00 bits per heavy atom. The first kappa shape index (κ1) is 13.7. The molecular weight excluding hydrogens is 266 g/mol. The third-order valence-corrected chi connectivity index (χ3v) is 3.99. The number of alkyl halides is 1. The molecule has 3 nitrogen and oxygen atoms in total. The van der Waals surface area contributed by atoms with Crippen LogP contribution in [0.25, 0.3) is 11.0 Å². The summed E-state index contributed by atoms with van der Waals surface area (Å²) < 4.78 is 2.34. The van der Waals surface area contributed by atoms with Gasteiger partial charge in [0, 0.05) is 30.3 Å². The monoisotopic (exact) mass is 283 g/mol. The molecule has 98 valence electrons. The van der Waals surface area contributed by atoms with Gasteiger partial charge in [-0.15, -0.1) is 11.6 Å². The third kappa shape index (κ3) is 2.64. The van der Waals surface area contributed by atoms with E-state index in [1.54, 1.807) is 0 Å². The molecule has 18 heavy (non-hydrogen) atoms. The molecule has 0 saturated carbocycles. The van der Waals surface area contributed by atoms with Crippen LogP contribution in [0.5, 0.6) is 0 Å². The van der Waals surface area contributed by atoms with Gasteiger partial charge in [-0.1, -0.05) is 6.92 Å². The quantitative estimate of drug-likeness (QED) is 0.760. The predicted molar refractivity (Wildman–Crippen MR) is 79.7 cm³/mol. The van der Waals surface area contributed by atoms with Crippen molar-refractivity contribution in [1.82, 2.24) is 14.5 Å². The summed E-state index contributed by atoms with van der Waals surface area (Å²) in [5, 5.41) is 0. The second-order valence-electron chi connectivity index (χ2n) is 4.22. The van der Waals surface area contributed by atoms with Crippen LogP contribution in [0.3, 0.4) is 0 Å². The van der Waals surface area contributed by atoms with Crippen molar-refractivity contribution in [3.63, 3.8) is 0 Å². The minimum Gasteiger partial charge on any atom is -0.324 e. The zero-order chi connectivity index (χ0) is 13.0. The number of halogens is 1. The number of fused-ring (bicyclic) bond motifs is 1. The lowest BCUT2D eigenvalue weighted by molar-refractivity contribution is 0.533. The second kappa shape index (κ2) is 6.43. The highest BCUT2D eigenvalue weighted by atomic mass is 35.5. The molecule has 0 radical (unpaired) electrons. The average molecular weight is 284 g/mol. The van der Waals surface area contributed by atoms with Gasteiger partial charge in [-0.25, -0.2) is 4.98 Å². The number of aromatic nitrogens is 3. The number of pyridine rings is 1. The summed E-state index contributed by atoms with van der Waals surface area (Å²) in [6.07, 6.45) is 7.71. The summed E-state index contributed by atoms with van der Waals surface area (Å²) in [5.74, 6) is 2.78. The summed E-state index contributed by atoms with van der Waals surface area (Å²) in [5.41, 5.74) is 2.14. The van der Waals surface area contributed by atoms with Crippen LogP contribution in [-0.2, 0) is 6.42 Å². The Balaban J connectivity index is 2.52. The van der Waals surface area contributed by atoms with Crippen LogP contribution >= 0.6 is 23.4 Å². The van der Waals surface area contributed by atoms with E-state index in [0.717, 1.165) is 29.9 Å². The van der Waals surface area contributed by atoms with Crippen LogP contribution in [0, 0.1) is 0 Å². The maximum absolute atomic E-state index is 5.89. The number of hydrogen-bond acceptors (Lipinski definition) is 3. The molecule has 1 atom stereocenters. The lowest BCUT2D eigenvalue weighted by Gasteiger charge is -2.19. The van der Waals surface area contributed by atoms with Crippen LogP contribution in [-0.4, -0.2) is 32.4 Å². The smallest absolute Gasteiger partial charge is 0.111 e. The summed E-state index contributed by atoms with van der Waals surface area (Å²) in [6.45, 7) is 2.22. The van der Waals surface area contributed by atoms with Crippen LogP contribution in [0.2, 0.25) is 0 Å². The van der Waals surface area contributed by atoms with E-state index in [1.165, 1.54) is 5.52 Å². The topological polar surface area (TPSA) is 30.7 Å². The average Bonchev–Trinajstić information content (AvgIpc) is 2.74. The lowest BCUT2D eigenvalue weighted by Crippen LogP contribution is -2.14. The minimum atomic E-state index is 0.477. The molecular formula is C13H18ClN3S. The summed E-state index contributed by atoms with van der Waals surface area (Å²) >= 11 is 7.76. The van der Waals surface area contributed by atoms with Crippen molar-refractivity contribution >= 4 is 34.4 Å². The number of thioether (sulfide) groups is 1. The van der Waals surface area contributed by atoms with Crippen molar-refractivity contribution in [1.29, 1.82) is 0 Å². The van der Waals surface area contributed by atoms with E-state index in [2.05, 4.69) is 27.7 Å². The summed E-state index contributed by atoms with van der Waals surface area (Å²) in [4.78, 5) is 8.80. The molecule has 0 N–H and O–H groups in total. The standard InChI is InChI=1S/C13H18ClN3S/c1-3-10(9-18-2)17-12-5-7-15-8-11(12)16-13(17)4-6-14/h5,7-8,10H,3-4,6,9H2,1-2H3. The predicted octanol–water partition coefficient (Wildman–Crippen LogP) is 3.53. The first-order chi connectivity index (χ1) is 8.81. The summed E-state index contributed by atoms with van der Waals surface area (Å²) in [6, 6.07) is 2.52. The Morgan fingerprint density at radius 1 is 1.50 bits per heavy atom. The number of aryl methyl sites for hydroxylation is 1. The fourth-order valence-corrected chi connectivity index (χ4v) is 3.17. The van der Waals surface area contributed by atoms with Gasteiger partial charge in [0.1, 0.15) is 11.3 Å². The number of hydrogen-bond donors (Lipinski definition) is 0. The first-order valence-corrected chi connectivity index (χ1v) is 8.10. The van der Waals surface area contributed by atoms with E-state index >= 15 is 0 Å². The van der Waals surface area contributed by atoms with E-state index in [1.807, 2.05) is 30.2 Å². The number of rotatable bonds is 6. The minimum absolute atomic E-state index is 0.477. The Bertz CT molecular complexity index is 512. The zero-order valence-electron chi connectivity index (χ0n) is 10.8. The Morgan fingerprint density at radius 2 is 2.33 bits per heavy atom. The van der Waals surface area contributed by atoms with Crippen molar-refractivity contribution in [2.24, 2.45) is 0 Å². The molecule has 2 aromatic heterocycles. The Kier molecular flexibility index (Phi) is 4.89. The van der Waals surface area contributed by atoms with Crippen LogP contribution < -0.4 is 0 Å². The molecule has 2 heterocycles. The van der Waals surface area contributed by atoms with Crippen molar-refractivity contribution in [3.8, 4) is 0 Å². The second-order valence-corrected chi connectivity index (χ2v) is 5.51. The highest BCUT2D eigenvalue weighted by Gasteiger charge is 2.17. The first-order valence-electron chi connectivity index (χ1n) is 6.17.